The monoisotopic (exact) mass is 297 g/mol. The van der Waals surface area contributed by atoms with Gasteiger partial charge >= 0.3 is 6.18 Å². The van der Waals surface area contributed by atoms with Crippen LogP contribution in [0.5, 0.6) is 11.5 Å². The molecule has 0 bridgehead atoms. The van der Waals surface area contributed by atoms with Crippen LogP contribution in [0, 0.1) is 0 Å². The van der Waals surface area contributed by atoms with Gasteiger partial charge in [0.2, 0.25) is 0 Å². The number of nitrogens with one attached hydrogen (secondary N) is 1. The van der Waals surface area contributed by atoms with Crippen LogP contribution in [0.3, 0.4) is 0 Å². The number of hydrogen-bond donors (Lipinski definition) is 2. The number of ether oxygens (including phenoxy) is 1. The molecule has 0 radical (unpaired) electrons. The fourth-order valence-corrected chi connectivity index (χ4v) is 1.90. The summed E-state index contributed by atoms with van der Waals surface area (Å²) in [6.07, 6.45) is -4.48. The van der Waals surface area contributed by atoms with Crippen LogP contribution < -0.4 is 10.1 Å². The number of phenols is 1. The zero-order valence-corrected chi connectivity index (χ0v) is 11.2. The summed E-state index contributed by atoms with van der Waals surface area (Å²) in [5.74, 6) is 0.213. The molecule has 0 aliphatic rings. The minimum Gasteiger partial charge on any atom is -0.508 e. The maximum Gasteiger partial charge on any atom is 0.418 e. The van der Waals surface area contributed by atoms with Crippen molar-refractivity contribution < 1.29 is 23.0 Å². The van der Waals surface area contributed by atoms with Gasteiger partial charge in [0.05, 0.1) is 12.7 Å². The molecule has 0 atom stereocenters. The van der Waals surface area contributed by atoms with Crippen LogP contribution in [-0.4, -0.2) is 12.2 Å². The third-order valence-electron chi connectivity index (χ3n) is 2.93. The summed E-state index contributed by atoms with van der Waals surface area (Å²) in [4.78, 5) is 0. The number of hydrogen-bond acceptors (Lipinski definition) is 3. The molecule has 6 heteroatoms. The molecule has 0 spiro atoms. The summed E-state index contributed by atoms with van der Waals surface area (Å²) >= 11 is 0. The van der Waals surface area contributed by atoms with Gasteiger partial charge in [-0.1, -0.05) is 12.1 Å². The first-order valence-corrected chi connectivity index (χ1v) is 6.17. The van der Waals surface area contributed by atoms with Gasteiger partial charge in [-0.25, -0.2) is 0 Å². The van der Waals surface area contributed by atoms with Crippen LogP contribution in [0.4, 0.5) is 18.9 Å². The zero-order valence-electron chi connectivity index (χ0n) is 11.2. The SMILES string of the molecule is COc1ccc(NCc2cccc(O)c2)c(C(F)(F)F)c1. The third-order valence-corrected chi connectivity index (χ3v) is 2.93. The molecule has 2 N–H and O–H groups in total. The number of alkyl halides is 3. The van der Waals surface area contributed by atoms with Crippen LogP contribution in [0.15, 0.2) is 42.5 Å². The van der Waals surface area contributed by atoms with Gasteiger partial charge in [0.15, 0.2) is 0 Å². The lowest BCUT2D eigenvalue weighted by molar-refractivity contribution is -0.137. The first-order valence-electron chi connectivity index (χ1n) is 6.17. The Morgan fingerprint density at radius 1 is 1.14 bits per heavy atom. The van der Waals surface area contributed by atoms with Crippen molar-refractivity contribution in [2.75, 3.05) is 12.4 Å². The molecule has 3 nitrogen and oxygen atoms in total. The Bertz CT molecular complexity index is 627. The van der Waals surface area contributed by atoms with Crippen molar-refractivity contribution in [1.82, 2.24) is 0 Å². The Morgan fingerprint density at radius 2 is 1.90 bits per heavy atom. The Balaban J connectivity index is 2.23. The minimum atomic E-state index is -4.48. The molecule has 21 heavy (non-hydrogen) atoms. The average molecular weight is 297 g/mol. The largest absolute Gasteiger partial charge is 0.508 e. The molecule has 2 rings (SSSR count). The molecule has 0 fully saturated rings. The first kappa shape index (κ1) is 15.0. The van der Waals surface area contributed by atoms with Crippen LogP contribution in [0.1, 0.15) is 11.1 Å². The highest BCUT2D eigenvalue weighted by Gasteiger charge is 2.34. The van der Waals surface area contributed by atoms with Crippen LogP contribution in [-0.2, 0) is 12.7 Å². The number of aromatic hydroxyl groups is 1. The topological polar surface area (TPSA) is 41.5 Å². The zero-order chi connectivity index (χ0) is 15.5. The molecule has 0 saturated heterocycles. The predicted octanol–water partition coefficient (Wildman–Crippen LogP) is 4.03. The van der Waals surface area contributed by atoms with Crippen molar-refractivity contribution in [2.45, 2.75) is 12.7 Å². The van der Waals surface area contributed by atoms with Crippen LogP contribution in [0.25, 0.3) is 0 Å². The second-order valence-electron chi connectivity index (χ2n) is 4.43. The van der Waals surface area contributed by atoms with E-state index in [4.69, 9.17) is 4.74 Å². The van der Waals surface area contributed by atoms with Crippen LogP contribution in [0.2, 0.25) is 0 Å². The average Bonchev–Trinajstić information content (AvgIpc) is 2.44. The summed E-state index contributed by atoms with van der Waals surface area (Å²) in [5, 5.41) is 12.1. The lowest BCUT2D eigenvalue weighted by Crippen LogP contribution is -2.11. The fourth-order valence-electron chi connectivity index (χ4n) is 1.90. The predicted molar refractivity (Wildman–Crippen MR) is 73.4 cm³/mol. The highest BCUT2D eigenvalue weighted by atomic mass is 19.4. The van der Waals surface area contributed by atoms with Crippen molar-refractivity contribution in [1.29, 1.82) is 0 Å². The molecule has 0 saturated carbocycles. The lowest BCUT2D eigenvalue weighted by atomic mass is 10.1. The highest BCUT2D eigenvalue weighted by Crippen LogP contribution is 2.37. The molecule has 0 aliphatic heterocycles. The fraction of sp³-hybridized carbons (Fsp3) is 0.200. The molecule has 2 aromatic rings. The van der Waals surface area contributed by atoms with Gasteiger partial charge in [0, 0.05) is 12.2 Å². The maximum absolute atomic E-state index is 13.0. The van der Waals surface area contributed by atoms with Gasteiger partial charge in [-0.15, -0.1) is 0 Å². The lowest BCUT2D eigenvalue weighted by Gasteiger charge is -2.16. The number of benzene rings is 2. The number of methoxy groups -OCH3 is 1. The van der Waals surface area contributed by atoms with E-state index in [1.807, 2.05) is 0 Å². The van der Waals surface area contributed by atoms with E-state index in [1.54, 1.807) is 12.1 Å². The molecular weight excluding hydrogens is 283 g/mol. The normalized spacial score (nSPS) is 11.2. The number of rotatable bonds is 4. The summed E-state index contributed by atoms with van der Waals surface area (Å²) in [7, 11) is 1.31. The second-order valence-corrected chi connectivity index (χ2v) is 4.43. The van der Waals surface area contributed by atoms with Crippen molar-refractivity contribution in [3.05, 3.63) is 53.6 Å². The summed E-state index contributed by atoms with van der Waals surface area (Å²) in [6.45, 7) is 0.170. The Morgan fingerprint density at radius 3 is 2.52 bits per heavy atom. The number of halogens is 3. The summed E-state index contributed by atoms with van der Waals surface area (Å²) < 4.78 is 43.9. The van der Waals surface area contributed by atoms with Crippen molar-refractivity contribution >= 4 is 5.69 Å². The first-order chi connectivity index (χ1) is 9.90. The Labute approximate surface area is 120 Å². The highest BCUT2D eigenvalue weighted by molar-refractivity contribution is 5.56. The van der Waals surface area contributed by atoms with E-state index in [0.29, 0.717) is 5.56 Å². The van der Waals surface area contributed by atoms with Gasteiger partial charge < -0.3 is 15.2 Å². The molecular formula is C15H14F3NO2. The van der Waals surface area contributed by atoms with Gasteiger partial charge in [-0.2, -0.15) is 13.2 Å². The van der Waals surface area contributed by atoms with E-state index in [0.717, 1.165) is 6.07 Å². The van der Waals surface area contributed by atoms with Gasteiger partial charge in [0.25, 0.3) is 0 Å². The maximum atomic E-state index is 13.0. The van der Waals surface area contributed by atoms with Crippen LogP contribution >= 0.6 is 0 Å². The minimum absolute atomic E-state index is 0.0355. The quantitative estimate of drug-likeness (QED) is 0.895. The van der Waals surface area contributed by atoms with E-state index < -0.39 is 11.7 Å². The Hall–Kier alpha value is -2.37. The van der Waals surface area contributed by atoms with Gasteiger partial charge in [-0.05, 0) is 35.9 Å². The van der Waals surface area contributed by atoms with E-state index in [2.05, 4.69) is 5.32 Å². The second kappa shape index (κ2) is 5.95. The molecule has 0 amide bonds. The van der Waals surface area contributed by atoms with E-state index in [1.165, 1.54) is 31.4 Å². The smallest absolute Gasteiger partial charge is 0.418 e. The van der Waals surface area contributed by atoms with E-state index >= 15 is 0 Å². The van der Waals surface area contributed by atoms with E-state index in [9.17, 15) is 18.3 Å². The third kappa shape index (κ3) is 3.81. The van der Waals surface area contributed by atoms with E-state index in [-0.39, 0.29) is 23.7 Å². The van der Waals surface area contributed by atoms with Gasteiger partial charge in [-0.3, -0.25) is 0 Å². The summed E-state index contributed by atoms with van der Waals surface area (Å²) in [5.41, 5.74) is -0.146. The molecule has 0 aliphatic carbocycles. The molecule has 0 unspecified atom stereocenters. The van der Waals surface area contributed by atoms with Crippen molar-refractivity contribution in [3.63, 3.8) is 0 Å². The summed E-state index contributed by atoms with van der Waals surface area (Å²) in [6, 6.07) is 10.1. The van der Waals surface area contributed by atoms with Crippen molar-refractivity contribution in [2.24, 2.45) is 0 Å². The number of phenolic OH excluding ortho intramolecular Hbond substituents is 1. The number of anilines is 1. The Kier molecular flexibility index (Phi) is 4.26. The molecule has 0 heterocycles. The molecule has 2 aromatic carbocycles. The molecule has 112 valence electrons. The van der Waals surface area contributed by atoms with Crippen molar-refractivity contribution in [3.8, 4) is 11.5 Å². The molecule has 0 aromatic heterocycles. The van der Waals surface area contributed by atoms with Gasteiger partial charge in [0.1, 0.15) is 11.5 Å². The standard InChI is InChI=1S/C15H14F3NO2/c1-21-12-5-6-14(13(8-12)15(16,17)18)19-9-10-3-2-4-11(20)7-10/h2-8,19-20H,9H2,1H3.